The molecule has 1 aromatic heterocycles. The van der Waals surface area contributed by atoms with Crippen LogP contribution in [0.4, 0.5) is 5.69 Å². The fourth-order valence-corrected chi connectivity index (χ4v) is 3.05. The summed E-state index contributed by atoms with van der Waals surface area (Å²) in [5, 5.41) is 25.5. The Labute approximate surface area is 152 Å². The minimum Gasteiger partial charge on any atom is -0.325 e. The van der Waals surface area contributed by atoms with Crippen molar-refractivity contribution in [2.45, 2.75) is 10.1 Å². The van der Waals surface area contributed by atoms with Crippen LogP contribution >= 0.6 is 23.5 Å². The van der Waals surface area contributed by atoms with E-state index in [1.54, 1.807) is 28.9 Å². The number of carbonyl (C=O) groups is 1. The highest BCUT2D eigenvalue weighted by Gasteiger charge is 2.11. The lowest BCUT2D eigenvalue weighted by molar-refractivity contribution is -0.113. The van der Waals surface area contributed by atoms with E-state index in [1.165, 1.54) is 11.8 Å². The van der Waals surface area contributed by atoms with E-state index in [0.29, 0.717) is 10.8 Å². The Morgan fingerprint density at radius 3 is 2.64 bits per heavy atom. The Bertz CT molecular complexity index is 889. The molecule has 0 bridgehead atoms. The van der Waals surface area contributed by atoms with E-state index in [-0.39, 0.29) is 11.7 Å². The average molecular weight is 368 g/mol. The van der Waals surface area contributed by atoms with E-state index in [1.807, 2.05) is 35.7 Å². The molecule has 9 heteroatoms. The fourth-order valence-electron chi connectivity index (χ4n) is 1.99. The Morgan fingerprint density at radius 1 is 1.16 bits per heavy atom. The summed E-state index contributed by atoms with van der Waals surface area (Å²) in [7, 11) is 0. The summed E-state index contributed by atoms with van der Waals surface area (Å²) >= 11 is 2.33. The third-order valence-corrected chi connectivity index (χ3v) is 4.59. The van der Waals surface area contributed by atoms with Crippen LogP contribution in [0.3, 0.4) is 0 Å². The summed E-state index contributed by atoms with van der Waals surface area (Å²) in [4.78, 5) is 12.9. The highest BCUT2D eigenvalue weighted by atomic mass is 32.2. The molecule has 0 aliphatic carbocycles. The maximum atomic E-state index is 12.1. The molecule has 0 spiro atoms. The monoisotopic (exact) mass is 368 g/mol. The maximum absolute atomic E-state index is 12.1. The van der Waals surface area contributed by atoms with Crippen LogP contribution in [0.15, 0.2) is 64.6 Å². The van der Waals surface area contributed by atoms with E-state index in [0.717, 1.165) is 22.3 Å². The van der Waals surface area contributed by atoms with Gasteiger partial charge in [-0.2, -0.15) is 9.94 Å². The number of carbonyl (C=O) groups excluding carboxylic acids is 1. The number of anilines is 1. The number of thiocyanates is 1. The van der Waals surface area contributed by atoms with Crippen LogP contribution in [0.1, 0.15) is 0 Å². The number of rotatable bonds is 6. The maximum Gasteiger partial charge on any atom is 0.234 e. The number of para-hydroxylation sites is 1. The Hall–Kier alpha value is -2.83. The summed E-state index contributed by atoms with van der Waals surface area (Å²) in [6.45, 7) is 0. The van der Waals surface area contributed by atoms with Gasteiger partial charge in [0.2, 0.25) is 11.1 Å². The van der Waals surface area contributed by atoms with Crippen molar-refractivity contribution in [1.29, 1.82) is 5.26 Å². The molecule has 124 valence electrons. The topological polar surface area (TPSA) is 96.5 Å². The van der Waals surface area contributed by atoms with Crippen LogP contribution in [0, 0.1) is 10.7 Å². The smallest absolute Gasteiger partial charge is 0.234 e. The zero-order chi connectivity index (χ0) is 17.5. The predicted octanol–water partition coefficient (Wildman–Crippen LogP) is 2.97. The number of amides is 1. The number of nitriles is 1. The minimum absolute atomic E-state index is 0.159. The van der Waals surface area contributed by atoms with Crippen LogP contribution in [-0.2, 0) is 4.79 Å². The van der Waals surface area contributed by atoms with Crippen LogP contribution < -0.4 is 5.32 Å². The van der Waals surface area contributed by atoms with Crippen LogP contribution in [0.5, 0.6) is 0 Å². The van der Waals surface area contributed by atoms with Gasteiger partial charge in [-0.3, -0.25) is 4.79 Å². The molecular weight excluding hydrogens is 356 g/mol. The van der Waals surface area contributed by atoms with E-state index < -0.39 is 0 Å². The first kappa shape index (κ1) is 17.0. The average Bonchev–Trinajstić information content (AvgIpc) is 3.11. The molecule has 3 rings (SSSR count). The first-order chi connectivity index (χ1) is 12.3. The van der Waals surface area contributed by atoms with Gasteiger partial charge < -0.3 is 5.32 Å². The summed E-state index contributed by atoms with van der Waals surface area (Å²) in [6, 6.07) is 16.6. The Balaban J connectivity index is 1.58. The highest BCUT2D eigenvalue weighted by molar-refractivity contribution is 8.03. The van der Waals surface area contributed by atoms with Crippen molar-refractivity contribution in [3.63, 3.8) is 0 Å². The van der Waals surface area contributed by atoms with Gasteiger partial charge in [0, 0.05) is 10.6 Å². The van der Waals surface area contributed by atoms with Gasteiger partial charge in [0.15, 0.2) is 0 Å². The zero-order valence-electron chi connectivity index (χ0n) is 12.9. The largest absolute Gasteiger partial charge is 0.325 e. The molecule has 1 N–H and O–H groups in total. The number of hydrogen-bond donors (Lipinski definition) is 1. The number of nitrogens with zero attached hydrogens (tertiary/aromatic N) is 5. The van der Waals surface area contributed by atoms with Crippen molar-refractivity contribution < 1.29 is 4.79 Å². The molecule has 25 heavy (non-hydrogen) atoms. The first-order valence-corrected chi connectivity index (χ1v) is 8.99. The van der Waals surface area contributed by atoms with Crippen molar-refractivity contribution >= 4 is 35.1 Å². The van der Waals surface area contributed by atoms with Gasteiger partial charge in [0.05, 0.1) is 11.4 Å². The molecule has 0 aliphatic heterocycles. The van der Waals surface area contributed by atoms with Crippen molar-refractivity contribution in [1.82, 2.24) is 20.2 Å². The van der Waals surface area contributed by atoms with Crippen molar-refractivity contribution in [3.8, 4) is 11.1 Å². The third-order valence-electron chi connectivity index (χ3n) is 3.08. The van der Waals surface area contributed by atoms with Gasteiger partial charge in [-0.05, 0) is 58.6 Å². The minimum atomic E-state index is -0.159. The molecule has 0 atom stereocenters. The Morgan fingerprint density at radius 2 is 1.92 bits per heavy atom. The van der Waals surface area contributed by atoms with Gasteiger partial charge in [0.1, 0.15) is 5.40 Å². The summed E-state index contributed by atoms with van der Waals surface area (Å²) in [5.74, 6) is 0.0235. The molecular formula is C16H12N6OS2. The van der Waals surface area contributed by atoms with Gasteiger partial charge in [-0.15, -0.1) is 5.10 Å². The molecule has 0 aliphatic rings. The second-order valence-corrected chi connectivity index (χ2v) is 6.56. The molecule has 0 saturated carbocycles. The summed E-state index contributed by atoms with van der Waals surface area (Å²) < 4.78 is 1.59. The fraction of sp³-hybridized carbons (Fsp3) is 0.0625. The third kappa shape index (κ3) is 4.59. The normalized spacial score (nSPS) is 10.2. The lowest BCUT2D eigenvalue weighted by atomic mass is 10.3. The number of benzene rings is 2. The van der Waals surface area contributed by atoms with Crippen molar-refractivity contribution in [3.05, 3.63) is 54.6 Å². The van der Waals surface area contributed by atoms with Gasteiger partial charge >= 0.3 is 0 Å². The number of nitrogens with one attached hydrogen (secondary N) is 1. The second-order valence-electron chi connectivity index (χ2n) is 4.76. The molecule has 1 heterocycles. The first-order valence-electron chi connectivity index (χ1n) is 7.19. The standard InChI is InChI=1S/C16H12N6OS2/c17-11-25-14-8-6-12(7-9-14)18-15(23)10-24-16-19-20-21-22(16)13-4-2-1-3-5-13/h1-9H,10H2,(H,18,23). The molecule has 7 nitrogen and oxygen atoms in total. The molecule has 0 radical (unpaired) electrons. The van der Waals surface area contributed by atoms with Crippen molar-refractivity contribution in [2.24, 2.45) is 0 Å². The lowest BCUT2D eigenvalue weighted by Crippen LogP contribution is -2.14. The number of aromatic nitrogens is 4. The van der Waals surface area contributed by atoms with E-state index in [2.05, 4.69) is 20.8 Å². The van der Waals surface area contributed by atoms with E-state index >= 15 is 0 Å². The van der Waals surface area contributed by atoms with Gasteiger partial charge in [-0.1, -0.05) is 30.0 Å². The van der Waals surface area contributed by atoms with Crippen LogP contribution in [0.25, 0.3) is 5.69 Å². The summed E-state index contributed by atoms with van der Waals surface area (Å²) in [6.07, 6.45) is 0. The molecule has 1 amide bonds. The number of hydrogen-bond acceptors (Lipinski definition) is 7. The number of thioether (sulfide) groups is 2. The predicted molar refractivity (Wildman–Crippen MR) is 96.4 cm³/mol. The molecule has 2 aromatic carbocycles. The number of tetrazole rings is 1. The summed E-state index contributed by atoms with van der Waals surface area (Å²) in [5.41, 5.74) is 1.51. The highest BCUT2D eigenvalue weighted by Crippen LogP contribution is 2.20. The zero-order valence-corrected chi connectivity index (χ0v) is 14.5. The van der Waals surface area contributed by atoms with Crippen LogP contribution in [0.2, 0.25) is 0 Å². The second kappa shape index (κ2) is 8.32. The van der Waals surface area contributed by atoms with E-state index in [9.17, 15) is 4.79 Å². The molecule has 3 aromatic rings. The molecule has 0 saturated heterocycles. The lowest BCUT2D eigenvalue weighted by Gasteiger charge is -2.06. The quantitative estimate of drug-likeness (QED) is 0.528. The Kier molecular flexibility index (Phi) is 5.66. The van der Waals surface area contributed by atoms with Crippen LogP contribution in [-0.4, -0.2) is 31.9 Å². The van der Waals surface area contributed by atoms with Crippen molar-refractivity contribution in [2.75, 3.05) is 11.1 Å². The SMILES string of the molecule is N#CSc1ccc(NC(=O)CSc2nnnn2-c2ccccc2)cc1. The van der Waals surface area contributed by atoms with Gasteiger partial charge in [0.25, 0.3) is 0 Å². The molecule has 0 fully saturated rings. The van der Waals surface area contributed by atoms with Gasteiger partial charge in [-0.25, -0.2) is 0 Å². The molecule has 0 unspecified atom stereocenters. The van der Waals surface area contributed by atoms with E-state index in [4.69, 9.17) is 5.26 Å².